The summed E-state index contributed by atoms with van der Waals surface area (Å²) in [5.74, 6) is 0.0386. The van der Waals surface area contributed by atoms with Crippen LogP contribution in [0.1, 0.15) is 32.6 Å². The highest BCUT2D eigenvalue weighted by molar-refractivity contribution is 7.99. The molecule has 1 fully saturated rings. The van der Waals surface area contributed by atoms with E-state index in [1.165, 1.54) is 0 Å². The van der Waals surface area contributed by atoms with Gasteiger partial charge in [0.1, 0.15) is 10.6 Å². The molecule has 0 saturated heterocycles. The summed E-state index contributed by atoms with van der Waals surface area (Å²) in [5, 5.41) is 14.0. The van der Waals surface area contributed by atoms with Crippen molar-refractivity contribution in [1.82, 2.24) is 10.3 Å². The summed E-state index contributed by atoms with van der Waals surface area (Å²) in [6, 6.07) is 3.99. The Morgan fingerprint density at radius 3 is 3.00 bits per heavy atom. The molecule has 20 heavy (non-hydrogen) atoms. The molecule has 110 valence electrons. The van der Waals surface area contributed by atoms with Crippen molar-refractivity contribution in [2.24, 2.45) is 0 Å². The molecule has 2 rings (SSSR count). The number of hydrogen-bond acceptors (Lipinski definition) is 4. The maximum Gasteiger partial charge on any atom is 0.323 e. The molecule has 1 atom stereocenters. The number of rotatable bonds is 8. The molecule has 2 N–H and O–H groups in total. The average molecular weight is 315 g/mol. The van der Waals surface area contributed by atoms with Crippen LogP contribution in [-0.4, -0.2) is 33.4 Å². The zero-order valence-corrected chi connectivity index (χ0v) is 13.0. The first-order chi connectivity index (χ1) is 9.51. The largest absolute Gasteiger partial charge is 0.480 e. The first-order valence-corrected chi connectivity index (χ1v) is 8.12. The minimum atomic E-state index is -0.824. The third kappa shape index (κ3) is 4.36. The normalized spacial score (nSPS) is 17.7. The van der Waals surface area contributed by atoms with E-state index in [2.05, 4.69) is 10.3 Å². The van der Waals surface area contributed by atoms with Crippen LogP contribution in [-0.2, 0) is 4.79 Å². The van der Waals surface area contributed by atoms with E-state index in [-0.39, 0.29) is 0 Å². The van der Waals surface area contributed by atoms with Crippen LogP contribution in [0.5, 0.6) is 0 Å². The Bertz CT molecular complexity index is 482. The minimum absolute atomic E-state index is 0.383. The molecule has 1 saturated carbocycles. The third-order valence-electron chi connectivity index (χ3n) is 3.36. The van der Waals surface area contributed by atoms with E-state index in [0.717, 1.165) is 30.0 Å². The van der Waals surface area contributed by atoms with Crippen molar-refractivity contribution in [3.05, 3.63) is 23.4 Å². The van der Waals surface area contributed by atoms with Gasteiger partial charge < -0.3 is 5.11 Å². The molecular weight excluding hydrogens is 296 g/mol. The summed E-state index contributed by atoms with van der Waals surface area (Å²) in [5.41, 5.74) is -0.824. The van der Waals surface area contributed by atoms with Gasteiger partial charge in [0.25, 0.3) is 0 Å². The molecule has 0 aromatic carbocycles. The molecule has 1 aromatic heterocycles. The minimum Gasteiger partial charge on any atom is -0.480 e. The maximum absolute atomic E-state index is 11.4. The zero-order chi connectivity index (χ0) is 14.6. The second kappa shape index (κ2) is 6.78. The molecule has 1 aliphatic carbocycles. The highest BCUT2D eigenvalue weighted by Gasteiger charge is 2.37. The quantitative estimate of drug-likeness (QED) is 0.570. The number of aliphatic carboxylic acids is 1. The van der Waals surface area contributed by atoms with Crippen LogP contribution >= 0.6 is 23.4 Å². The smallest absolute Gasteiger partial charge is 0.323 e. The number of aromatic nitrogens is 1. The fourth-order valence-corrected chi connectivity index (χ4v) is 3.10. The molecule has 1 aliphatic rings. The summed E-state index contributed by atoms with van der Waals surface area (Å²) in [6.07, 6.45) is 5.29. The molecular formula is C14H19ClN2O2S. The van der Waals surface area contributed by atoms with Crippen molar-refractivity contribution >= 4 is 29.3 Å². The standard InChI is InChI=1S/C14H19ClN2O2S/c1-14(13(18)19,17-10-5-6-10)7-3-9-20-12-11(15)4-2-8-16-12/h2,4,8,10,17H,3,5-7,9H2,1H3,(H,18,19). The lowest BCUT2D eigenvalue weighted by atomic mass is 9.96. The first kappa shape index (κ1) is 15.6. The predicted molar refractivity (Wildman–Crippen MR) is 81.4 cm³/mol. The summed E-state index contributed by atoms with van der Waals surface area (Å²) in [6.45, 7) is 1.77. The van der Waals surface area contributed by atoms with E-state index in [1.54, 1.807) is 30.9 Å². The molecule has 0 spiro atoms. The SMILES string of the molecule is CC(CCCSc1ncccc1Cl)(NC1CC1)C(=O)O. The van der Waals surface area contributed by atoms with E-state index in [4.69, 9.17) is 11.6 Å². The summed E-state index contributed by atoms with van der Waals surface area (Å²) >= 11 is 7.60. The van der Waals surface area contributed by atoms with Gasteiger partial charge >= 0.3 is 5.97 Å². The van der Waals surface area contributed by atoms with E-state index in [9.17, 15) is 9.90 Å². The van der Waals surface area contributed by atoms with Crippen LogP contribution in [0.4, 0.5) is 0 Å². The molecule has 0 bridgehead atoms. The molecule has 1 heterocycles. The monoisotopic (exact) mass is 314 g/mol. The Hall–Kier alpha value is -0.780. The van der Waals surface area contributed by atoms with Crippen molar-refractivity contribution in [3.63, 3.8) is 0 Å². The van der Waals surface area contributed by atoms with Crippen LogP contribution in [0, 0.1) is 0 Å². The predicted octanol–water partition coefficient (Wildman–Crippen LogP) is 3.20. The Labute approximate surface area is 128 Å². The van der Waals surface area contributed by atoms with Gasteiger partial charge in [-0.25, -0.2) is 4.98 Å². The molecule has 6 heteroatoms. The number of thioether (sulfide) groups is 1. The number of nitrogens with one attached hydrogen (secondary N) is 1. The van der Waals surface area contributed by atoms with Crippen molar-refractivity contribution in [3.8, 4) is 0 Å². The fraction of sp³-hybridized carbons (Fsp3) is 0.571. The van der Waals surface area contributed by atoms with Gasteiger partial charge in [-0.3, -0.25) is 10.1 Å². The third-order valence-corrected chi connectivity index (χ3v) is 4.87. The van der Waals surface area contributed by atoms with Crippen LogP contribution in [0.2, 0.25) is 5.02 Å². The van der Waals surface area contributed by atoms with Crippen LogP contribution in [0.25, 0.3) is 0 Å². The number of nitrogens with zero attached hydrogens (tertiary/aromatic N) is 1. The van der Waals surface area contributed by atoms with Gasteiger partial charge in [-0.05, 0) is 50.5 Å². The first-order valence-electron chi connectivity index (χ1n) is 6.76. The Kier molecular flexibility index (Phi) is 5.29. The van der Waals surface area contributed by atoms with Gasteiger partial charge in [0.05, 0.1) is 5.02 Å². The Balaban J connectivity index is 1.78. The fourth-order valence-electron chi connectivity index (χ4n) is 1.99. The van der Waals surface area contributed by atoms with E-state index < -0.39 is 11.5 Å². The van der Waals surface area contributed by atoms with E-state index in [1.807, 2.05) is 6.07 Å². The van der Waals surface area contributed by atoms with E-state index in [0.29, 0.717) is 17.5 Å². The highest BCUT2D eigenvalue weighted by Crippen LogP contribution is 2.28. The summed E-state index contributed by atoms with van der Waals surface area (Å²) in [7, 11) is 0. The second-order valence-corrected chi connectivity index (χ2v) is 6.79. The highest BCUT2D eigenvalue weighted by atomic mass is 35.5. The lowest BCUT2D eigenvalue weighted by Gasteiger charge is -2.26. The lowest BCUT2D eigenvalue weighted by molar-refractivity contribution is -0.144. The van der Waals surface area contributed by atoms with Crippen molar-refractivity contribution in [1.29, 1.82) is 0 Å². The van der Waals surface area contributed by atoms with Gasteiger partial charge in [0.15, 0.2) is 0 Å². The number of hydrogen-bond donors (Lipinski definition) is 2. The maximum atomic E-state index is 11.4. The van der Waals surface area contributed by atoms with Gasteiger partial charge in [-0.1, -0.05) is 11.6 Å². The van der Waals surface area contributed by atoms with Gasteiger partial charge in [-0.2, -0.15) is 0 Å². The topological polar surface area (TPSA) is 62.2 Å². The number of carboxylic acids is 1. The summed E-state index contributed by atoms with van der Waals surface area (Å²) in [4.78, 5) is 15.6. The zero-order valence-electron chi connectivity index (χ0n) is 11.4. The van der Waals surface area contributed by atoms with Gasteiger partial charge in [-0.15, -0.1) is 11.8 Å². The summed E-state index contributed by atoms with van der Waals surface area (Å²) < 4.78 is 0. The average Bonchev–Trinajstić information content (AvgIpc) is 3.20. The molecule has 0 amide bonds. The van der Waals surface area contributed by atoms with Gasteiger partial charge in [0.2, 0.25) is 0 Å². The molecule has 0 aliphatic heterocycles. The number of halogens is 1. The van der Waals surface area contributed by atoms with Crippen LogP contribution in [0.15, 0.2) is 23.4 Å². The second-order valence-electron chi connectivity index (χ2n) is 5.30. The number of carboxylic acid groups (broad SMARTS) is 1. The molecule has 0 radical (unpaired) electrons. The van der Waals surface area contributed by atoms with Crippen LogP contribution < -0.4 is 5.32 Å². The van der Waals surface area contributed by atoms with Crippen molar-refractivity contribution in [2.75, 3.05) is 5.75 Å². The molecule has 1 aromatic rings. The Morgan fingerprint density at radius 2 is 2.40 bits per heavy atom. The molecule has 1 unspecified atom stereocenters. The van der Waals surface area contributed by atoms with Crippen LogP contribution in [0.3, 0.4) is 0 Å². The number of carbonyl (C=O) groups is 1. The number of pyridine rings is 1. The van der Waals surface area contributed by atoms with Crippen molar-refractivity contribution in [2.45, 2.75) is 49.2 Å². The lowest BCUT2D eigenvalue weighted by Crippen LogP contribution is -2.50. The van der Waals surface area contributed by atoms with E-state index >= 15 is 0 Å². The van der Waals surface area contributed by atoms with Gasteiger partial charge in [0, 0.05) is 12.2 Å². The Morgan fingerprint density at radius 1 is 1.65 bits per heavy atom. The van der Waals surface area contributed by atoms with Crippen molar-refractivity contribution < 1.29 is 9.90 Å². The molecule has 4 nitrogen and oxygen atoms in total.